The second-order valence-corrected chi connectivity index (χ2v) is 9.94. The van der Waals surface area contributed by atoms with Crippen LogP contribution in [0.15, 0.2) is 60.7 Å². The summed E-state index contributed by atoms with van der Waals surface area (Å²) in [5.41, 5.74) is 0. The standard InChI is InChI=1S/C26H29O13P/c1-16(27)33-23-22(37-26(36-19(4)30)25(35-18(3)29)24(23)34-17(2)28)15-32-40(31,38-20-11-7-5-8-12-20)39-21-13-9-6-10-14-21/h5-14,22-26H,15H2,1-4H3. The zero-order valence-electron chi connectivity index (χ0n) is 22.1. The minimum Gasteiger partial charge on any atom is -0.456 e. The Balaban J connectivity index is 1.95. The second kappa shape index (κ2) is 13.9. The van der Waals surface area contributed by atoms with Gasteiger partial charge in [-0.3, -0.25) is 23.7 Å². The summed E-state index contributed by atoms with van der Waals surface area (Å²) in [5.74, 6) is -2.96. The summed E-state index contributed by atoms with van der Waals surface area (Å²) >= 11 is 0. The number of para-hydroxylation sites is 2. The van der Waals surface area contributed by atoms with Gasteiger partial charge in [0.05, 0.1) is 6.61 Å². The number of phosphoric ester groups is 1. The third-order valence-corrected chi connectivity index (χ3v) is 6.43. The minimum absolute atomic E-state index is 0.161. The summed E-state index contributed by atoms with van der Waals surface area (Å²) in [6.45, 7) is 3.67. The molecule has 2 aromatic carbocycles. The predicted octanol–water partition coefficient (Wildman–Crippen LogP) is 3.35. The van der Waals surface area contributed by atoms with Crippen molar-refractivity contribution < 1.29 is 61.0 Å². The van der Waals surface area contributed by atoms with E-state index >= 15 is 0 Å². The zero-order valence-corrected chi connectivity index (χ0v) is 23.0. The topological polar surface area (TPSA) is 159 Å². The summed E-state index contributed by atoms with van der Waals surface area (Å²) in [5, 5.41) is 0. The molecule has 0 aliphatic carbocycles. The maximum Gasteiger partial charge on any atom is 0.587 e. The van der Waals surface area contributed by atoms with E-state index in [1.807, 2.05) is 0 Å². The van der Waals surface area contributed by atoms with Crippen LogP contribution >= 0.6 is 7.82 Å². The van der Waals surface area contributed by atoms with E-state index in [9.17, 15) is 23.7 Å². The van der Waals surface area contributed by atoms with Gasteiger partial charge in [0.2, 0.25) is 12.4 Å². The van der Waals surface area contributed by atoms with Gasteiger partial charge in [-0.25, -0.2) is 4.57 Å². The number of esters is 4. The van der Waals surface area contributed by atoms with Crippen molar-refractivity contribution in [2.45, 2.75) is 58.4 Å². The molecule has 0 N–H and O–H groups in total. The van der Waals surface area contributed by atoms with E-state index in [2.05, 4.69) is 0 Å². The molecule has 0 aromatic heterocycles. The van der Waals surface area contributed by atoms with Crippen LogP contribution in [0.4, 0.5) is 0 Å². The summed E-state index contributed by atoms with van der Waals surface area (Å²) in [6, 6.07) is 16.1. The lowest BCUT2D eigenvalue weighted by Crippen LogP contribution is -2.63. The molecule has 1 heterocycles. The van der Waals surface area contributed by atoms with E-state index in [1.165, 1.54) is 24.3 Å². The summed E-state index contributed by atoms with van der Waals surface area (Å²) in [4.78, 5) is 47.6. The molecule has 40 heavy (non-hydrogen) atoms. The number of phosphoric acid groups is 1. The Bertz CT molecular complexity index is 1170. The average Bonchev–Trinajstić information content (AvgIpc) is 2.86. The van der Waals surface area contributed by atoms with E-state index in [0.717, 1.165) is 27.7 Å². The molecule has 5 atom stereocenters. The third-order valence-electron chi connectivity index (χ3n) is 5.10. The highest BCUT2D eigenvalue weighted by molar-refractivity contribution is 7.49. The Morgan fingerprint density at radius 3 is 1.52 bits per heavy atom. The number of carbonyl (C=O) groups excluding carboxylic acids is 4. The summed E-state index contributed by atoms with van der Waals surface area (Å²) in [7, 11) is -4.44. The molecule has 0 spiro atoms. The molecular weight excluding hydrogens is 551 g/mol. The van der Waals surface area contributed by atoms with Crippen LogP contribution in [-0.4, -0.2) is 61.2 Å². The molecule has 0 saturated carbocycles. The smallest absolute Gasteiger partial charge is 0.456 e. The molecule has 14 heteroatoms. The Morgan fingerprint density at radius 2 is 1.07 bits per heavy atom. The van der Waals surface area contributed by atoms with Gasteiger partial charge in [0.1, 0.15) is 17.6 Å². The Hall–Kier alpha value is -3.93. The van der Waals surface area contributed by atoms with Crippen LogP contribution in [0, 0.1) is 0 Å². The third kappa shape index (κ3) is 9.08. The van der Waals surface area contributed by atoms with E-state index in [1.54, 1.807) is 36.4 Å². The molecule has 0 bridgehead atoms. The van der Waals surface area contributed by atoms with Gasteiger partial charge < -0.3 is 32.7 Å². The van der Waals surface area contributed by atoms with Crippen molar-refractivity contribution in [3.8, 4) is 11.5 Å². The molecule has 1 aliphatic rings. The average molecular weight is 580 g/mol. The number of rotatable bonds is 11. The lowest BCUT2D eigenvalue weighted by Gasteiger charge is -2.43. The van der Waals surface area contributed by atoms with Crippen LogP contribution in [0.3, 0.4) is 0 Å². The van der Waals surface area contributed by atoms with Gasteiger partial charge >= 0.3 is 31.7 Å². The molecule has 2 aromatic rings. The first-order chi connectivity index (χ1) is 19.0. The zero-order chi connectivity index (χ0) is 29.3. The summed E-state index contributed by atoms with van der Waals surface area (Å²) < 4.78 is 57.4. The number of hydrogen-bond donors (Lipinski definition) is 0. The van der Waals surface area contributed by atoms with Gasteiger partial charge in [-0.05, 0) is 24.3 Å². The molecule has 216 valence electrons. The maximum atomic E-state index is 13.8. The van der Waals surface area contributed by atoms with Crippen LogP contribution in [0.1, 0.15) is 27.7 Å². The first-order valence-electron chi connectivity index (χ1n) is 12.0. The van der Waals surface area contributed by atoms with Crippen molar-refractivity contribution in [1.29, 1.82) is 0 Å². The molecule has 5 unspecified atom stereocenters. The molecular formula is C26H29O13P. The van der Waals surface area contributed by atoms with Crippen LogP contribution in [-0.2, 0) is 52.0 Å². The number of hydrogen-bond acceptors (Lipinski definition) is 13. The lowest BCUT2D eigenvalue weighted by atomic mass is 9.98. The molecule has 13 nitrogen and oxygen atoms in total. The van der Waals surface area contributed by atoms with Crippen LogP contribution in [0.5, 0.6) is 11.5 Å². The molecule has 0 radical (unpaired) electrons. The number of ether oxygens (including phenoxy) is 5. The Labute approximate surface area is 230 Å². The molecule has 1 saturated heterocycles. The number of carbonyl (C=O) groups is 4. The first kappa shape index (κ1) is 30.6. The fourth-order valence-electron chi connectivity index (χ4n) is 3.70. The Kier molecular flexibility index (Phi) is 10.7. The fourth-order valence-corrected chi connectivity index (χ4v) is 4.94. The molecule has 1 aliphatic heterocycles. The van der Waals surface area contributed by atoms with Crippen molar-refractivity contribution >= 4 is 31.7 Å². The number of benzene rings is 2. The van der Waals surface area contributed by atoms with Crippen molar-refractivity contribution in [3.63, 3.8) is 0 Å². The van der Waals surface area contributed by atoms with Crippen LogP contribution in [0.25, 0.3) is 0 Å². The highest BCUT2D eigenvalue weighted by atomic mass is 31.2. The first-order valence-corrected chi connectivity index (χ1v) is 13.5. The lowest BCUT2D eigenvalue weighted by molar-refractivity contribution is -0.298. The van der Waals surface area contributed by atoms with Crippen molar-refractivity contribution in [2.24, 2.45) is 0 Å². The fraction of sp³-hybridized carbons (Fsp3) is 0.385. The van der Waals surface area contributed by atoms with Gasteiger partial charge in [-0.2, -0.15) is 0 Å². The van der Waals surface area contributed by atoms with Crippen molar-refractivity contribution in [1.82, 2.24) is 0 Å². The van der Waals surface area contributed by atoms with Crippen molar-refractivity contribution in [3.05, 3.63) is 60.7 Å². The Morgan fingerprint density at radius 1 is 0.650 bits per heavy atom. The van der Waals surface area contributed by atoms with E-state index < -0.39 is 69.0 Å². The largest absolute Gasteiger partial charge is 0.587 e. The summed E-state index contributed by atoms with van der Waals surface area (Å²) in [6.07, 6.45) is -7.47. The minimum atomic E-state index is -4.44. The van der Waals surface area contributed by atoms with Gasteiger partial charge in [0.25, 0.3) is 0 Å². The van der Waals surface area contributed by atoms with Crippen molar-refractivity contribution in [2.75, 3.05) is 6.61 Å². The van der Waals surface area contributed by atoms with Gasteiger partial charge in [0.15, 0.2) is 12.2 Å². The van der Waals surface area contributed by atoms with Crippen LogP contribution < -0.4 is 9.05 Å². The molecule has 3 rings (SSSR count). The van der Waals surface area contributed by atoms with E-state index in [4.69, 9.17) is 37.3 Å². The van der Waals surface area contributed by atoms with E-state index in [0.29, 0.717) is 0 Å². The van der Waals surface area contributed by atoms with Gasteiger partial charge in [-0.15, -0.1) is 0 Å². The molecule has 0 amide bonds. The van der Waals surface area contributed by atoms with Gasteiger partial charge in [-0.1, -0.05) is 36.4 Å². The second-order valence-electron chi connectivity index (χ2n) is 8.43. The van der Waals surface area contributed by atoms with Crippen LogP contribution in [0.2, 0.25) is 0 Å². The monoisotopic (exact) mass is 580 g/mol. The maximum absolute atomic E-state index is 13.8. The van der Waals surface area contributed by atoms with Gasteiger partial charge in [0, 0.05) is 27.7 Å². The predicted molar refractivity (Wildman–Crippen MR) is 135 cm³/mol. The SMILES string of the molecule is CC(=O)OC1OC(COP(=O)(Oc2ccccc2)Oc2ccccc2)C(OC(C)=O)C(OC(C)=O)C1OC(C)=O. The highest BCUT2D eigenvalue weighted by Gasteiger charge is 2.54. The normalized spacial score (nSPS) is 22.4. The molecule has 1 fully saturated rings. The van der Waals surface area contributed by atoms with E-state index in [-0.39, 0.29) is 11.5 Å². The quantitative estimate of drug-likeness (QED) is 0.217. The highest BCUT2D eigenvalue weighted by Crippen LogP contribution is 2.50.